The van der Waals surface area contributed by atoms with Gasteiger partial charge in [0.2, 0.25) is 5.91 Å². The van der Waals surface area contributed by atoms with Crippen LogP contribution in [0.3, 0.4) is 0 Å². The van der Waals surface area contributed by atoms with Gasteiger partial charge in [-0.15, -0.1) is 0 Å². The third kappa shape index (κ3) is 3.50. The van der Waals surface area contributed by atoms with E-state index < -0.39 is 15.9 Å². The van der Waals surface area contributed by atoms with E-state index >= 15 is 0 Å². The van der Waals surface area contributed by atoms with Crippen molar-refractivity contribution in [2.75, 3.05) is 22.6 Å². The van der Waals surface area contributed by atoms with Crippen LogP contribution in [0.15, 0.2) is 41.4 Å². The van der Waals surface area contributed by atoms with E-state index in [9.17, 15) is 23.1 Å². The quantitative estimate of drug-likeness (QED) is 0.845. The van der Waals surface area contributed by atoms with Gasteiger partial charge in [-0.05, 0) is 25.1 Å². The number of carboxylic acid groups (broad SMARTS) is 1. The number of benzene rings is 1. The summed E-state index contributed by atoms with van der Waals surface area (Å²) in [6.07, 6.45) is 1.49. The van der Waals surface area contributed by atoms with Crippen molar-refractivity contribution >= 4 is 33.2 Å². The molecule has 0 saturated heterocycles. The second kappa shape index (κ2) is 6.66. The Balaban J connectivity index is 2.10. The number of anilines is 2. The molecule has 8 nitrogen and oxygen atoms in total. The SMILES string of the molecule is CC(=O)N1c2cnc(-c3ccc(S(C)(=O)=O)cc3)cc2N(C(=O)O)CC1C. The maximum atomic E-state index is 12.0. The zero-order chi connectivity index (χ0) is 19.9. The van der Waals surface area contributed by atoms with Gasteiger partial charge in [-0.1, -0.05) is 12.1 Å². The van der Waals surface area contributed by atoms with E-state index in [2.05, 4.69) is 4.98 Å². The van der Waals surface area contributed by atoms with Crippen LogP contribution >= 0.6 is 0 Å². The van der Waals surface area contributed by atoms with Gasteiger partial charge in [-0.25, -0.2) is 13.2 Å². The summed E-state index contributed by atoms with van der Waals surface area (Å²) in [4.78, 5) is 30.9. The standard InChI is InChI=1S/C18H19N3O5S/c1-11-10-20(18(23)24)16-8-15(19-9-17(16)21(11)12(2)22)13-4-6-14(7-5-13)27(3,25)26/h4-9,11H,10H2,1-3H3,(H,23,24). The molecule has 2 amide bonds. The molecule has 2 heterocycles. The van der Waals surface area contributed by atoms with Gasteiger partial charge in [0.15, 0.2) is 9.84 Å². The molecule has 0 bridgehead atoms. The molecule has 142 valence electrons. The molecule has 9 heteroatoms. The first-order valence-electron chi connectivity index (χ1n) is 8.20. The Kier molecular flexibility index (Phi) is 4.64. The first kappa shape index (κ1) is 18.8. The Bertz CT molecular complexity index is 1020. The molecule has 2 aromatic rings. The molecule has 1 N–H and O–H groups in total. The molecule has 27 heavy (non-hydrogen) atoms. The van der Waals surface area contributed by atoms with Crippen LogP contribution in [0.1, 0.15) is 13.8 Å². The van der Waals surface area contributed by atoms with Crippen molar-refractivity contribution in [3.63, 3.8) is 0 Å². The topological polar surface area (TPSA) is 108 Å². The molecule has 0 fully saturated rings. The van der Waals surface area contributed by atoms with Crippen LogP contribution in [0.4, 0.5) is 16.2 Å². The second-order valence-electron chi connectivity index (χ2n) is 6.49. The molecule has 0 saturated carbocycles. The highest BCUT2D eigenvalue weighted by Crippen LogP contribution is 2.37. The lowest BCUT2D eigenvalue weighted by Gasteiger charge is -2.39. The van der Waals surface area contributed by atoms with Gasteiger partial charge in [0, 0.05) is 25.3 Å². The fourth-order valence-electron chi connectivity index (χ4n) is 3.21. The highest BCUT2D eigenvalue weighted by Gasteiger charge is 2.34. The van der Waals surface area contributed by atoms with Crippen LogP contribution in [0.2, 0.25) is 0 Å². The number of hydrogen-bond donors (Lipinski definition) is 1. The number of pyridine rings is 1. The summed E-state index contributed by atoms with van der Waals surface area (Å²) in [5.41, 5.74) is 1.93. The first-order valence-corrected chi connectivity index (χ1v) is 10.1. The number of carbonyl (C=O) groups excluding carboxylic acids is 1. The lowest BCUT2D eigenvalue weighted by Crippen LogP contribution is -2.51. The summed E-state index contributed by atoms with van der Waals surface area (Å²) in [6, 6.07) is 7.47. The minimum absolute atomic E-state index is 0.151. The molecule has 1 atom stereocenters. The Hall–Kier alpha value is -2.94. The number of nitrogens with zero attached hydrogens (tertiary/aromatic N) is 3. The summed E-state index contributed by atoms with van der Waals surface area (Å²) in [5.74, 6) is -0.194. The van der Waals surface area contributed by atoms with E-state index in [4.69, 9.17) is 0 Å². The third-order valence-corrected chi connectivity index (χ3v) is 5.58. The predicted octanol–water partition coefficient (Wildman–Crippen LogP) is 2.39. The number of hydrogen-bond acceptors (Lipinski definition) is 5. The average Bonchev–Trinajstić information content (AvgIpc) is 2.59. The Morgan fingerprint density at radius 2 is 1.81 bits per heavy atom. The van der Waals surface area contributed by atoms with Crippen LogP contribution in [-0.4, -0.2) is 49.4 Å². The Morgan fingerprint density at radius 3 is 2.33 bits per heavy atom. The fourth-order valence-corrected chi connectivity index (χ4v) is 3.84. The highest BCUT2D eigenvalue weighted by atomic mass is 32.2. The lowest BCUT2D eigenvalue weighted by atomic mass is 10.1. The van der Waals surface area contributed by atoms with E-state index in [1.165, 1.54) is 35.1 Å². The first-order chi connectivity index (χ1) is 12.6. The van der Waals surface area contributed by atoms with Crippen molar-refractivity contribution in [3.05, 3.63) is 36.5 Å². The maximum Gasteiger partial charge on any atom is 0.411 e. The average molecular weight is 389 g/mol. The van der Waals surface area contributed by atoms with Crippen molar-refractivity contribution in [3.8, 4) is 11.3 Å². The number of rotatable bonds is 2. The molecule has 1 aliphatic rings. The minimum Gasteiger partial charge on any atom is -0.465 e. The van der Waals surface area contributed by atoms with Crippen molar-refractivity contribution < 1.29 is 23.1 Å². The normalized spacial score (nSPS) is 16.8. The summed E-state index contributed by atoms with van der Waals surface area (Å²) in [6.45, 7) is 3.35. The van der Waals surface area contributed by atoms with E-state index in [0.29, 0.717) is 22.6 Å². The van der Waals surface area contributed by atoms with Gasteiger partial charge in [0.25, 0.3) is 0 Å². The largest absolute Gasteiger partial charge is 0.465 e. The fraction of sp³-hybridized carbons (Fsp3) is 0.278. The number of amides is 2. The minimum atomic E-state index is -3.31. The smallest absolute Gasteiger partial charge is 0.411 e. The van der Waals surface area contributed by atoms with Gasteiger partial charge >= 0.3 is 6.09 Å². The van der Waals surface area contributed by atoms with E-state index in [1.54, 1.807) is 25.1 Å². The lowest BCUT2D eigenvalue weighted by molar-refractivity contribution is -0.117. The number of sulfone groups is 1. The molecular formula is C18H19N3O5S. The van der Waals surface area contributed by atoms with Gasteiger partial charge in [-0.2, -0.15) is 0 Å². The van der Waals surface area contributed by atoms with Crippen molar-refractivity contribution in [2.45, 2.75) is 24.8 Å². The summed E-state index contributed by atoms with van der Waals surface area (Å²) >= 11 is 0. The summed E-state index contributed by atoms with van der Waals surface area (Å²) in [5, 5.41) is 9.55. The van der Waals surface area contributed by atoms with Crippen LogP contribution in [-0.2, 0) is 14.6 Å². The van der Waals surface area contributed by atoms with Crippen LogP contribution < -0.4 is 9.80 Å². The highest BCUT2D eigenvalue weighted by molar-refractivity contribution is 7.90. The summed E-state index contributed by atoms with van der Waals surface area (Å²) in [7, 11) is -3.31. The predicted molar refractivity (Wildman–Crippen MR) is 101 cm³/mol. The molecule has 0 radical (unpaired) electrons. The Labute approximate surface area is 157 Å². The van der Waals surface area contributed by atoms with E-state index in [1.807, 2.05) is 0 Å². The van der Waals surface area contributed by atoms with E-state index in [0.717, 1.165) is 6.26 Å². The van der Waals surface area contributed by atoms with Crippen LogP contribution in [0.5, 0.6) is 0 Å². The third-order valence-electron chi connectivity index (χ3n) is 4.45. The van der Waals surface area contributed by atoms with Gasteiger partial charge in [-0.3, -0.25) is 14.7 Å². The van der Waals surface area contributed by atoms with Crippen LogP contribution in [0, 0.1) is 0 Å². The molecule has 1 unspecified atom stereocenters. The van der Waals surface area contributed by atoms with Crippen molar-refractivity contribution in [1.82, 2.24) is 4.98 Å². The van der Waals surface area contributed by atoms with Gasteiger partial charge in [0.05, 0.1) is 34.2 Å². The molecule has 1 aliphatic heterocycles. The molecule has 3 rings (SSSR count). The second-order valence-corrected chi connectivity index (χ2v) is 8.50. The summed E-state index contributed by atoms with van der Waals surface area (Å²) < 4.78 is 23.2. The molecule has 1 aromatic heterocycles. The number of carbonyl (C=O) groups is 2. The van der Waals surface area contributed by atoms with Crippen LogP contribution in [0.25, 0.3) is 11.3 Å². The number of fused-ring (bicyclic) bond motifs is 1. The van der Waals surface area contributed by atoms with Gasteiger partial charge < -0.3 is 10.0 Å². The zero-order valence-corrected chi connectivity index (χ0v) is 15.9. The monoisotopic (exact) mass is 389 g/mol. The maximum absolute atomic E-state index is 12.0. The molecular weight excluding hydrogens is 370 g/mol. The molecule has 0 spiro atoms. The molecule has 0 aliphatic carbocycles. The number of aromatic nitrogens is 1. The Morgan fingerprint density at radius 1 is 1.19 bits per heavy atom. The van der Waals surface area contributed by atoms with E-state index in [-0.39, 0.29) is 23.4 Å². The molecule has 1 aromatic carbocycles. The zero-order valence-electron chi connectivity index (χ0n) is 15.1. The van der Waals surface area contributed by atoms with Crippen molar-refractivity contribution in [1.29, 1.82) is 0 Å². The van der Waals surface area contributed by atoms with Crippen molar-refractivity contribution in [2.24, 2.45) is 0 Å². The van der Waals surface area contributed by atoms with Gasteiger partial charge in [0.1, 0.15) is 0 Å².